The normalized spacial score (nSPS) is 22.1. The first-order valence-corrected chi connectivity index (χ1v) is 7.81. The third kappa shape index (κ3) is 2.69. The summed E-state index contributed by atoms with van der Waals surface area (Å²) in [6.07, 6.45) is 0. The number of halogens is 2. The number of likely N-dealkylation sites (N-methyl/N-ethyl adjacent to an activating group) is 1. The molecule has 2 unspecified atom stereocenters. The van der Waals surface area contributed by atoms with Gasteiger partial charge in [0.05, 0.1) is 0 Å². The van der Waals surface area contributed by atoms with Crippen LogP contribution in [0.3, 0.4) is 0 Å². The number of hydrogen-bond acceptors (Lipinski definition) is 2. The maximum Gasteiger partial charge on any atom is 0.0471 e. The topological polar surface area (TPSA) is 29.3 Å². The number of hydrogen-bond donors (Lipinski definition) is 1. The number of fused-ring (bicyclic) bond motifs is 1. The van der Waals surface area contributed by atoms with E-state index in [1.165, 1.54) is 11.1 Å². The van der Waals surface area contributed by atoms with E-state index in [0.717, 1.165) is 22.2 Å². The van der Waals surface area contributed by atoms with Gasteiger partial charge in [-0.05, 0) is 41.9 Å². The molecule has 21 heavy (non-hydrogen) atoms. The largest absolute Gasteiger partial charge is 0.329 e. The molecule has 0 radical (unpaired) electrons. The first-order chi connectivity index (χ1) is 10.1. The Hall–Kier alpha value is -1.06. The van der Waals surface area contributed by atoms with Gasteiger partial charge in [-0.1, -0.05) is 47.5 Å². The fraction of sp³-hybridized carbons (Fsp3) is 0.294. The highest BCUT2D eigenvalue weighted by Crippen LogP contribution is 2.41. The Balaban J connectivity index is 2.15. The molecule has 2 aromatic rings. The minimum atomic E-state index is 0.206. The van der Waals surface area contributed by atoms with E-state index in [4.69, 9.17) is 28.9 Å². The summed E-state index contributed by atoms with van der Waals surface area (Å²) in [7, 11) is 2.10. The van der Waals surface area contributed by atoms with Crippen molar-refractivity contribution in [2.45, 2.75) is 12.0 Å². The molecule has 0 saturated carbocycles. The summed E-state index contributed by atoms with van der Waals surface area (Å²) in [5.41, 5.74) is 9.61. The molecule has 2 aromatic carbocycles. The minimum absolute atomic E-state index is 0.206. The van der Waals surface area contributed by atoms with E-state index in [1.807, 2.05) is 30.3 Å². The molecule has 1 aliphatic rings. The van der Waals surface area contributed by atoms with Crippen LogP contribution in [0.25, 0.3) is 0 Å². The number of nitrogens with two attached hydrogens (primary N) is 1. The quantitative estimate of drug-likeness (QED) is 0.903. The van der Waals surface area contributed by atoms with Gasteiger partial charge in [0.25, 0.3) is 0 Å². The van der Waals surface area contributed by atoms with Crippen LogP contribution in [-0.2, 0) is 0 Å². The molecule has 2 nitrogen and oxygen atoms in total. The van der Waals surface area contributed by atoms with Crippen molar-refractivity contribution in [2.75, 3.05) is 20.1 Å². The fourth-order valence-electron chi connectivity index (χ4n) is 3.23. The molecule has 0 spiro atoms. The SMILES string of the molecule is CN1CC(c2ccccc2Cl)c2ccc(Cl)cc2C1CN. The average Bonchev–Trinajstić information content (AvgIpc) is 2.47. The second kappa shape index (κ2) is 5.98. The molecular formula is C17H18Cl2N2. The lowest BCUT2D eigenvalue weighted by Crippen LogP contribution is -2.39. The molecule has 0 amide bonds. The first kappa shape index (κ1) is 14.9. The van der Waals surface area contributed by atoms with Gasteiger partial charge in [-0.15, -0.1) is 0 Å². The number of rotatable bonds is 2. The van der Waals surface area contributed by atoms with Crippen molar-refractivity contribution in [1.82, 2.24) is 4.90 Å². The molecule has 110 valence electrons. The number of benzene rings is 2. The van der Waals surface area contributed by atoms with Crippen molar-refractivity contribution in [3.63, 3.8) is 0 Å². The molecule has 2 N–H and O–H groups in total. The zero-order valence-electron chi connectivity index (χ0n) is 11.9. The van der Waals surface area contributed by atoms with Crippen molar-refractivity contribution in [3.05, 3.63) is 69.2 Å². The third-order valence-electron chi connectivity index (χ3n) is 4.29. The predicted molar refractivity (Wildman–Crippen MR) is 89.2 cm³/mol. The van der Waals surface area contributed by atoms with E-state index in [9.17, 15) is 0 Å². The molecule has 0 bridgehead atoms. The van der Waals surface area contributed by atoms with Crippen LogP contribution in [0.5, 0.6) is 0 Å². The van der Waals surface area contributed by atoms with Crippen molar-refractivity contribution in [3.8, 4) is 0 Å². The second-order valence-electron chi connectivity index (χ2n) is 5.54. The maximum absolute atomic E-state index is 6.40. The van der Waals surface area contributed by atoms with Crippen LogP contribution in [-0.4, -0.2) is 25.0 Å². The molecular weight excluding hydrogens is 303 g/mol. The van der Waals surface area contributed by atoms with Gasteiger partial charge < -0.3 is 5.73 Å². The standard InChI is InChI=1S/C17H18Cl2N2/c1-21-10-15(13-4-2-3-5-16(13)19)12-7-6-11(18)8-14(12)17(21)9-20/h2-8,15,17H,9-10,20H2,1H3. The number of nitrogens with zero attached hydrogens (tertiary/aromatic N) is 1. The summed E-state index contributed by atoms with van der Waals surface area (Å²) in [5, 5.41) is 1.56. The smallest absolute Gasteiger partial charge is 0.0471 e. The van der Waals surface area contributed by atoms with Crippen molar-refractivity contribution < 1.29 is 0 Å². The Morgan fingerprint density at radius 3 is 2.57 bits per heavy atom. The second-order valence-corrected chi connectivity index (χ2v) is 6.38. The zero-order chi connectivity index (χ0) is 15.0. The Morgan fingerprint density at radius 2 is 1.86 bits per heavy atom. The van der Waals surface area contributed by atoms with Crippen molar-refractivity contribution in [2.24, 2.45) is 5.73 Å². The highest BCUT2D eigenvalue weighted by molar-refractivity contribution is 6.31. The highest BCUT2D eigenvalue weighted by Gasteiger charge is 2.32. The van der Waals surface area contributed by atoms with Gasteiger partial charge in [-0.2, -0.15) is 0 Å². The lowest BCUT2D eigenvalue weighted by molar-refractivity contribution is 0.223. The minimum Gasteiger partial charge on any atom is -0.329 e. The van der Waals surface area contributed by atoms with Crippen molar-refractivity contribution in [1.29, 1.82) is 0 Å². The summed E-state index contributed by atoms with van der Waals surface area (Å²) >= 11 is 12.6. The summed E-state index contributed by atoms with van der Waals surface area (Å²) in [5.74, 6) is 0.249. The molecule has 0 fully saturated rings. The van der Waals surface area contributed by atoms with Crippen LogP contribution in [0, 0.1) is 0 Å². The Bertz CT molecular complexity index is 657. The van der Waals surface area contributed by atoms with Crippen LogP contribution < -0.4 is 5.73 Å². The lowest BCUT2D eigenvalue weighted by atomic mass is 9.81. The van der Waals surface area contributed by atoms with E-state index < -0.39 is 0 Å². The van der Waals surface area contributed by atoms with E-state index in [1.54, 1.807) is 0 Å². The van der Waals surface area contributed by atoms with Gasteiger partial charge in [0, 0.05) is 35.1 Å². The Kier molecular flexibility index (Phi) is 4.23. The highest BCUT2D eigenvalue weighted by atomic mass is 35.5. The van der Waals surface area contributed by atoms with Crippen LogP contribution >= 0.6 is 23.2 Å². The average molecular weight is 321 g/mol. The van der Waals surface area contributed by atoms with E-state index >= 15 is 0 Å². The maximum atomic E-state index is 6.40. The molecule has 2 atom stereocenters. The van der Waals surface area contributed by atoms with Crippen LogP contribution in [0.4, 0.5) is 0 Å². The molecule has 0 aliphatic carbocycles. The van der Waals surface area contributed by atoms with E-state index in [0.29, 0.717) is 6.54 Å². The zero-order valence-corrected chi connectivity index (χ0v) is 13.4. The molecule has 1 heterocycles. The van der Waals surface area contributed by atoms with Gasteiger partial charge in [0.2, 0.25) is 0 Å². The first-order valence-electron chi connectivity index (χ1n) is 7.06. The van der Waals surface area contributed by atoms with Gasteiger partial charge >= 0.3 is 0 Å². The van der Waals surface area contributed by atoms with E-state index in [-0.39, 0.29) is 12.0 Å². The summed E-state index contributed by atoms with van der Waals surface area (Å²) < 4.78 is 0. The molecule has 1 aliphatic heterocycles. The summed E-state index contributed by atoms with van der Waals surface area (Å²) in [6, 6.07) is 14.3. The monoisotopic (exact) mass is 320 g/mol. The van der Waals surface area contributed by atoms with Crippen LogP contribution in [0.1, 0.15) is 28.7 Å². The molecule has 0 aromatic heterocycles. The van der Waals surface area contributed by atoms with E-state index in [2.05, 4.69) is 24.1 Å². The van der Waals surface area contributed by atoms with Crippen molar-refractivity contribution >= 4 is 23.2 Å². The van der Waals surface area contributed by atoms with Crippen LogP contribution in [0.15, 0.2) is 42.5 Å². The van der Waals surface area contributed by atoms with Gasteiger partial charge in [-0.25, -0.2) is 0 Å². The fourth-order valence-corrected chi connectivity index (χ4v) is 3.68. The third-order valence-corrected chi connectivity index (χ3v) is 4.87. The summed E-state index contributed by atoms with van der Waals surface area (Å²) in [4.78, 5) is 2.28. The molecule has 3 rings (SSSR count). The predicted octanol–water partition coefficient (Wildman–Crippen LogP) is 4.07. The van der Waals surface area contributed by atoms with Gasteiger partial charge in [0.1, 0.15) is 0 Å². The lowest BCUT2D eigenvalue weighted by Gasteiger charge is -2.39. The van der Waals surface area contributed by atoms with Gasteiger partial charge in [0.15, 0.2) is 0 Å². The molecule has 0 saturated heterocycles. The molecule has 4 heteroatoms. The van der Waals surface area contributed by atoms with Crippen LogP contribution in [0.2, 0.25) is 10.0 Å². The summed E-state index contributed by atoms with van der Waals surface area (Å²) in [6.45, 7) is 1.49. The Morgan fingerprint density at radius 1 is 1.10 bits per heavy atom. The van der Waals surface area contributed by atoms with Gasteiger partial charge in [-0.3, -0.25) is 4.90 Å². The Labute approximate surface area is 135 Å².